The Bertz CT molecular complexity index is 799. The first-order chi connectivity index (χ1) is 11.2. The molecular formula is C17H17FN4O. The number of hydrogen-bond acceptors (Lipinski definition) is 4. The van der Waals surface area contributed by atoms with Gasteiger partial charge in [0.05, 0.1) is 12.8 Å². The van der Waals surface area contributed by atoms with Crippen molar-refractivity contribution < 1.29 is 9.13 Å². The second-order valence-electron chi connectivity index (χ2n) is 5.07. The van der Waals surface area contributed by atoms with E-state index in [1.54, 1.807) is 23.9 Å². The fourth-order valence-corrected chi connectivity index (χ4v) is 2.46. The molecule has 1 aromatic heterocycles. The first-order valence-corrected chi connectivity index (χ1v) is 7.24. The second-order valence-corrected chi connectivity index (χ2v) is 5.07. The van der Waals surface area contributed by atoms with E-state index in [0.29, 0.717) is 17.9 Å². The molecule has 1 heterocycles. The van der Waals surface area contributed by atoms with Gasteiger partial charge in [0.25, 0.3) is 0 Å². The highest BCUT2D eigenvalue weighted by Crippen LogP contribution is 2.24. The molecule has 23 heavy (non-hydrogen) atoms. The molecule has 5 nitrogen and oxygen atoms in total. The van der Waals surface area contributed by atoms with Crippen LogP contribution in [0.4, 0.5) is 4.39 Å². The average molecular weight is 312 g/mol. The van der Waals surface area contributed by atoms with Gasteiger partial charge in [-0.2, -0.15) is 0 Å². The van der Waals surface area contributed by atoms with Crippen molar-refractivity contribution in [2.24, 2.45) is 5.73 Å². The third-order valence-corrected chi connectivity index (χ3v) is 3.64. The minimum atomic E-state index is -0.260. The topological polar surface area (TPSA) is 66.0 Å². The summed E-state index contributed by atoms with van der Waals surface area (Å²) in [5.41, 5.74) is 9.11. The molecule has 0 atom stereocenters. The van der Waals surface area contributed by atoms with Gasteiger partial charge in [-0.1, -0.05) is 29.5 Å². The van der Waals surface area contributed by atoms with Crippen LogP contribution in [0.5, 0.6) is 5.75 Å². The van der Waals surface area contributed by atoms with Crippen molar-refractivity contribution >= 4 is 0 Å². The zero-order chi connectivity index (χ0) is 16.2. The lowest BCUT2D eigenvalue weighted by Gasteiger charge is -2.11. The predicted octanol–water partition coefficient (Wildman–Crippen LogP) is 2.46. The molecule has 0 aliphatic heterocycles. The smallest absolute Gasteiger partial charge is 0.144 e. The lowest BCUT2D eigenvalue weighted by molar-refractivity contribution is 0.411. The van der Waals surface area contributed by atoms with Crippen molar-refractivity contribution in [1.82, 2.24) is 15.0 Å². The van der Waals surface area contributed by atoms with Gasteiger partial charge < -0.3 is 10.5 Å². The summed E-state index contributed by atoms with van der Waals surface area (Å²) >= 11 is 0. The molecule has 0 unspecified atom stereocenters. The van der Waals surface area contributed by atoms with Gasteiger partial charge in [0.15, 0.2) is 0 Å². The molecule has 3 aromatic rings. The Kier molecular flexibility index (Phi) is 4.34. The number of aromatic nitrogens is 3. The lowest BCUT2D eigenvalue weighted by Crippen LogP contribution is -2.08. The van der Waals surface area contributed by atoms with Gasteiger partial charge in [0, 0.05) is 13.0 Å². The van der Waals surface area contributed by atoms with Crippen molar-refractivity contribution in [3.05, 3.63) is 71.3 Å². The summed E-state index contributed by atoms with van der Waals surface area (Å²) in [7, 11) is 1.61. The number of nitrogens with two attached hydrogens (primary N) is 1. The maximum Gasteiger partial charge on any atom is 0.144 e. The highest BCUT2D eigenvalue weighted by molar-refractivity contribution is 5.47. The van der Waals surface area contributed by atoms with E-state index < -0.39 is 0 Å². The molecule has 0 saturated heterocycles. The van der Waals surface area contributed by atoms with Crippen LogP contribution >= 0.6 is 0 Å². The molecular weight excluding hydrogens is 295 g/mol. The number of benzene rings is 2. The highest BCUT2D eigenvalue weighted by atomic mass is 19.1. The molecule has 0 saturated carbocycles. The van der Waals surface area contributed by atoms with Crippen molar-refractivity contribution in [3.8, 4) is 11.4 Å². The molecule has 0 fully saturated rings. The molecule has 0 amide bonds. The van der Waals surface area contributed by atoms with E-state index in [9.17, 15) is 4.39 Å². The minimum absolute atomic E-state index is 0.260. The van der Waals surface area contributed by atoms with Gasteiger partial charge in [-0.05, 0) is 29.8 Å². The van der Waals surface area contributed by atoms with Crippen LogP contribution in [-0.2, 0) is 13.0 Å². The second kappa shape index (κ2) is 6.58. The van der Waals surface area contributed by atoms with Gasteiger partial charge in [-0.25, -0.2) is 9.07 Å². The quantitative estimate of drug-likeness (QED) is 0.786. The first kappa shape index (κ1) is 15.2. The van der Waals surface area contributed by atoms with E-state index in [1.807, 2.05) is 24.3 Å². The van der Waals surface area contributed by atoms with E-state index in [2.05, 4.69) is 10.3 Å². The fourth-order valence-electron chi connectivity index (χ4n) is 2.46. The van der Waals surface area contributed by atoms with Gasteiger partial charge in [0.1, 0.15) is 22.9 Å². The fraction of sp³-hybridized carbons (Fsp3) is 0.176. The maximum atomic E-state index is 13.1. The predicted molar refractivity (Wildman–Crippen MR) is 85.0 cm³/mol. The summed E-state index contributed by atoms with van der Waals surface area (Å²) in [5, 5.41) is 8.37. The first-order valence-electron chi connectivity index (χ1n) is 7.24. The number of methoxy groups -OCH3 is 1. The molecule has 0 radical (unpaired) electrons. The van der Waals surface area contributed by atoms with Crippen LogP contribution in [0.25, 0.3) is 5.69 Å². The number of halogens is 1. The zero-order valence-electron chi connectivity index (χ0n) is 12.7. The maximum absolute atomic E-state index is 13.1. The van der Waals surface area contributed by atoms with Crippen LogP contribution in [-0.4, -0.2) is 22.1 Å². The van der Waals surface area contributed by atoms with Crippen LogP contribution in [0.1, 0.15) is 17.0 Å². The number of nitrogens with zero attached hydrogens (tertiary/aromatic N) is 3. The zero-order valence-corrected chi connectivity index (χ0v) is 12.7. The number of ether oxygens (including phenoxy) is 1. The van der Waals surface area contributed by atoms with Crippen molar-refractivity contribution in [3.63, 3.8) is 0 Å². The third kappa shape index (κ3) is 3.07. The molecule has 0 spiro atoms. The summed E-state index contributed by atoms with van der Waals surface area (Å²) in [4.78, 5) is 0. The summed E-state index contributed by atoms with van der Waals surface area (Å²) in [6, 6.07) is 13.9. The van der Waals surface area contributed by atoms with Gasteiger partial charge in [-0.15, -0.1) is 5.10 Å². The number of rotatable bonds is 5. The van der Waals surface area contributed by atoms with Gasteiger partial charge in [-0.3, -0.25) is 0 Å². The highest BCUT2D eigenvalue weighted by Gasteiger charge is 2.16. The Balaban J connectivity index is 2.05. The lowest BCUT2D eigenvalue weighted by atomic mass is 10.1. The van der Waals surface area contributed by atoms with Crippen LogP contribution in [0.3, 0.4) is 0 Å². The molecule has 2 aromatic carbocycles. The summed E-state index contributed by atoms with van der Waals surface area (Å²) < 4.78 is 20.2. The molecule has 2 N–H and O–H groups in total. The summed E-state index contributed by atoms with van der Waals surface area (Å²) in [6.45, 7) is 0.283. The Labute approximate surface area is 133 Å². The van der Waals surface area contributed by atoms with Gasteiger partial charge >= 0.3 is 0 Å². The average Bonchev–Trinajstić information content (AvgIpc) is 2.99. The van der Waals surface area contributed by atoms with E-state index in [4.69, 9.17) is 10.5 Å². The summed E-state index contributed by atoms with van der Waals surface area (Å²) in [6.07, 6.45) is 0.553. The SMILES string of the molecule is COc1ccccc1-n1nnc(CN)c1Cc1ccc(F)cc1. The largest absolute Gasteiger partial charge is 0.494 e. The number of para-hydroxylation sites is 2. The Morgan fingerprint density at radius 3 is 2.57 bits per heavy atom. The molecule has 0 aliphatic carbocycles. The van der Waals surface area contributed by atoms with Crippen LogP contribution in [0.2, 0.25) is 0 Å². The molecule has 118 valence electrons. The van der Waals surface area contributed by atoms with E-state index in [-0.39, 0.29) is 12.4 Å². The standard InChI is InChI=1S/C17H17FN4O/c1-23-17-5-3-2-4-15(17)22-16(14(11-19)20-21-22)10-12-6-8-13(18)9-7-12/h2-9H,10-11,19H2,1H3. The molecule has 0 aliphatic rings. The minimum Gasteiger partial charge on any atom is -0.494 e. The van der Waals surface area contributed by atoms with Crippen LogP contribution < -0.4 is 10.5 Å². The van der Waals surface area contributed by atoms with Crippen LogP contribution in [0, 0.1) is 5.82 Å². The van der Waals surface area contributed by atoms with E-state index in [1.165, 1.54) is 12.1 Å². The third-order valence-electron chi connectivity index (χ3n) is 3.64. The van der Waals surface area contributed by atoms with Crippen molar-refractivity contribution in [1.29, 1.82) is 0 Å². The van der Waals surface area contributed by atoms with Crippen molar-refractivity contribution in [2.75, 3.05) is 7.11 Å². The number of hydrogen-bond donors (Lipinski definition) is 1. The Morgan fingerprint density at radius 2 is 1.87 bits per heavy atom. The Hall–Kier alpha value is -2.73. The van der Waals surface area contributed by atoms with E-state index >= 15 is 0 Å². The molecule has 6 heteroatoms. The molecule has 3 rings (SSSR count). The van der Waals surface area contributed by atoms with Gasteiger partial charge in [0.2, 0.25) is 0 Å². The Morgan fingerprint density at radius 1 is 1.13 bits per heavy atom. The summed E-state index contributed by atoms with van der Waals surface area (Å²) in [5.74, 6) is 0.436. The van der Waals surface area contributed by atoms with Crippen LogP contribution in [0.15, 0.2) is 48.5 Å². The van der Waals surface area contributed by atoms with Crippen molar-refractivity contribution in [2.45, 2.75) is 13.0 Å². The molecule has 0 bridgehead atoms. The normalized spacial score (nSPS) is 10.7. The monoisotopic (exact) mass is 312 g/mol. The van der Waals surface area contributed by atoms with E-state index in [0.717, 1.165) is 16.9 Å².